The van der Waals surface area contributed by atoms with E-state index >= 15 is 0 Å². The van der Waals surface area contributed by atoms with Crippen LogP contribution in [0.15, 0.2) is 42.5 Å². The predicted molar refractivity (Wildman–Crippen MR) is 136 cm³/mol. The van der Waals surface area contributed by atoms with Gasteiger partial charge in [0.1, 0.15) is 5.69 Å². The van der Waals surface area contributed by atoms with E-state index in [2.05, 4.69) is 15.2 Å². The highest BCUT2D eigenvalue weighted by molar-refractivity contribution is 6.19. The number of hydrogen-bond donors (Lipinski definition) is 2. The Morgan fingerprint density at radius 3 is 2.72 bits per heavy atom. The summed E-state index contributed by atoms with van der Waals surface area (Å²) in [6, 6.07) is 11.5. The van der Waals surface area contributed by atoms with Crippen LogP contribution in [0.25, 0.3) is 10.9 Å². The number of halogens is 1. The highest BCUT2D eigenvalue weighted by Crippen LogP contribution is 2.40. The Balaban J connectivity index is 1.32. The molecular weight excluding hydrogens is 486 g/mol. The number of aromatic nitrogens is 1. The molecule has 1 unspecified atom stereocenters. The number of nitro benzene ring substituents is 1. The summed E-state index contributed by atoms with van der Waals surface area (Å²) in [5, 5.41) is 15.0. The number of non-ortho nitro benzene ring substituents is 1. The molecule has 1 atom stereocenters. The summed E-state index contributed by atoms with van der Waals surface area (Å²) in [5.74, 6) is -0.301. The summed E-state index contributed by atoms with van der Waals surface area (Å²) < 4.78 is 5.34. The molecule has 10 nitrogen and oxygen atoms in total. The quantitative estimate of drug-likeness (QED) is 0.285. The minimum absolute atomic E-state index is 0.0808. The lowest BCUT2D eigenvalue weighted by Gasteiger charge is -2.26. The molecule has 188 valence electrons. The first-order valence-electron chi connectivity index (χ1n) is 11.8. The SMILES string of the molecule is O=C(NCCN1CCOCC1)c1ccc2cc(C(=O)N3CC(CCl)c4ccc([N+](=O)[O-])cc43)[nH]c2c1. The van der Waals surface area contributed by atoms with Crippen molar-refractivity contribution in [3.05, 3.63) is 69.4 Å². The van der Waals surface area contributed by atoms with E-state index in [0.717, 1.165) is 30.6 Å². The van der Waals surface area contributed by atoms with Crippen molar-refractivity contribution in [3.63, 3.8) is 0 Å². The summed E-state index contributed by atoms with van der Waals surface area (Å²) in [7, 11) is 0. The normalized spacial score (nSPS) is 17.8. The van der Waals surface area contributed by atoms with Crippen molar-refractivity contribution >= 4 is 45.7 Å². The molecule has 0 radical (unpaired) electrons. The average molecular weight is 512 g/mol. The van der Waals surface area contributed by atoms with Crippen molar-refractivity contribution in [2.45, 2.75) is 5.92 Å². The monoisotopic (exact) mass is 511 g/mol. The maximum atomic E-state index is 13.4. The Morgan fingerprint density at radius 2 is 1.97 bits per heavy atom. The first kappa shape index (κ1) is 24.2. The Kier molecular flexibility index (Phi) is 6.90. The zero-order valence-electron chi connectivity index (χ0n) is 19.5. The number of carbonyl (C=O) groups excluding carboxylic acids is 2. The van der Waals surface area contributed by atoms with Gasteiger partial charge in [0.05, 0.1) is 23.8 Å². The third kappa shape index (κ3) is 4.79. The van der Waals surface area contributed by atoms with E-state index in [0.29, 0.717) is 54.6 Å². The second-order valence-electron chi connectivity index (χ2n) is 8.96. The van der Waals surface area contributed by atoms with Gasteiger partial charge in [0.25, 0.3) is 17.5 Å². The topological polar surface area (TPSA) is 121 Å². The van der Waals surface area contributed by atoms with Crippen LogP contribution in [0.2, 0.25) is 0 Å². The van der Waals surface area contributed by atoms with E-state index in [-0.39, 0.29) is 23.4 Å². The number of rotatable bonds is 7. The number of alkyl halides is 1. The molecule has 1 saturated heterocycles. The molecular formula is C25H26ClN5O5. The third-order valence-corrected chi connectivity index (χ3v) is 7.09. The van der Waals surface area contributed by atoms with Crippen LogP contribution in [0, 0.1) is 10.1 Å². The highest BCUT2D eigenvalue weighted by atomic mass is 35.5. The number of nitrogens with zero attached hydrogens (tertiary/aromatic N) is 3. The summed E-state index contributed by atoms with van der Waals surface area (Å²) in [4.78, 5) is 43.8. The van der Waals surface area contributed by atoms with Crippen LogP contribution in [0.5, 0.6) is 0 Å². The number of amides is 2. The van der Waals surface area contributed by atoms with Gasteiger partial charge in [-0.1, -0.05) is 6.07 Å². The molecule has 5 rings (SSSR count). The van der Waals surface area contributed by atoms with Gasteiger partial charge >= 0.3 is 0 Å². The number of nitrogens with one attached hydrogen (secondary N) is 2. The number of carbonyl (C=O) groups is 2. The number of morpholine rings is 1. The summed E-state index contributed by atoms with van der Waals surface area (Å²) >= 11 is 6.12. The van der Waals surface area contributed by atoms with Crippen LogP contribution < -0.4 is 10.2 Å². The number of aromatic amines is 1. The zero-order valence-corrected chi connectivity index (χ0v) is 20.3. The number of hydrogen-bond acceptors (Lipinski definition) is 6. The molecule has 3 aromatic rings. The van der Waals surface area contributed by atoms with Crippen LogP contribution in [0.1, 0.15) is 32.3 Å². The molecule has 3 heterocycles. The van der Waals surface area contributed by atoms with E-state index in [1.165, 1.54) is 17.0 Å². The van der Waals surface area contributed by atoms with Crippen LogP contribution in [-0.2, 0) is 4.74 Å². The molecule has 1 fully saturated rings. The van der Waals surface area contributed by atoms with Crippen molar-refractivity contribution in [1.29, 1.82) is 0 Å². The van der Waals surface area contributed by atoms with Gasteiger partial charge in [0.2, 0.25) is 0 Å². The molecule has 2 amide bonds. The molecule has 11 heteroatoms. The Labute approximate surface area is 212 Å². The van der Waals surface area contributed by atoms with E-state index in [1.54, 1.807) is 30.3 Å². The van der Waals surface area contributed by atoms with Crippen LogP contribution >= 0.6 is 11.6 Å². The lowest BCUT2D eigenvalue weighted by molar-refractivity contribution is -0.384. The molecule has 2 aliphatic rings. The Morgan fingerprint density at radius 1 is 1.17 bits per heavy atom. The van der Waals surface area contributed by atoms with Gasteiger partial charge in [-0.15, -0.1) is 11.6 Å². The lowest BCUT2D eigenvalue weighted by Crippen LogP contribution is -2.41. The van der Waals surface area contributed by atoms with E-state index in [9.17, 15) is 19.7 Å². The van der Waals surface area contributed by atoms with Gasteiger partial charge in [0, 0.05) is 73.1 Å². The first-order valence-corrected chi connectivity index (χ1v) is 12.4. The van der Waals surface area contributed by atoms with Gasteiger partial charge in [-0.25, -0.2) is 0 Å². The number of ether oxygens (including phenoxy) is 1. The van der Waals surface area contributed by atoms with Crippen molar-refractivity contribution in [2.75, 3.05) is 56.7 Å². The second-order valence-corrected chi connectivity index (χ2v) is 9.27. The van der Waals surface area contributed by atoms with Crippen LogP contribution in [0.4, 0.5) is 11.4 Å². The van der Waals surface area contributed by atoms with E-state index in [4.69, 9.17) is 16.3 Å². The fourth-order valence-corrected chi connectivity index (χ4v) is 5.01. The third-order valence-electron chi connectivity index (χ3n) is 6.72. The van der Waals surface area contributed by atoms with Crippen molar-refractivity contribution in [2.24, 2.45) is 0 Å². The Hall–Kier alpha value is -3.47. The fraction of sp³-hybridized carbons (Fsp3) is 0.360. The standard InChI is InChI=1S/C25H26ClN5O5/c26-14-18-15-30(23-13-19(31(34)35)3-4-20(18)23)25(33)22-11-16-1-2-17(12-21(16)28-22)24(32)27-5-6-29-7-9-36-10-8-29/h1-4,11-13,18,28H,5-10,14-15H2,(H,27,32). The summed E-state index contributed by atoms with van der Waals surface area (Å²) in [6.07, 6.45) is 0. The molecule has 0 saturated carbocycles. The first-order chi connectivity index (χ1) is 17.4. The number of H-pyrrole nitrogens is 1. The van der Waals surface area contributed by atoms with Gasteiger partial charge in [-0.05, 0) is 29.8 Å². The zero-order chi connectivity index (χ0) is 25.2. The molecule has 0 spiro atoms. The summed E-state index contributed by atoms with van der Waals surface area (Å²) in [6.45, 7) is 4.79. The highest BCUT2D eigenvalue weighted by Gasteiger charge is 2.34. The number of fused-ring (bicyclic) bond motifs is 2. The molecule has 2 aliphatic heterocycles. The number of anilines is 1. The van der Waals surface area contributed by atoms with Crippen molar-refractivity contribution < 1.29 is 19.2 Å². The summed E-state index contributed by atoms with van der Waals surface area (Å²) in [5.41, 5.74) is 2.72. The fourth-order valence-electron chi connectivity index (χ4n) is 4.75. The number of nitro groups is 1. The van der Waals surface area contributed by atoms with Gasteiger partial charge in [-0.3, -0.25) is 24.6 Å². The second kappa shape index (κ2) is 10.3. The van der Waals surface area contributed by atoms with Crippen molar-refractivity contribution in [1.82, 2.24) is 15.2 Å². The van der Waals surface area contributed by atoms with Gasteiger partial charge in [0.15, 0.2) is 0 Å². The van der Waals surface area contributed by atoms with E-state index in [1.807, 2.05) is 0 Å². The van der Waals surface area contributed by atoms with E-state index < -0.39 is 4.92 Å². The van der Waals surface area contributed by atoms with Crippen LogP contribution in [-0.4, -0.2) is 78.4 Å². The Bertz CT molecular complexity index is 1320. The van der Waals surface area contributed by atoms with Crippen LogP contribution in [0.3, 0.4) is 0 Å². The maximum absolute atomic E-state index is 13.4. The molecule has 36 heavy (non-hydrogen) atoms. The maximum Gasteiger partial charge on any atom is 0.274 e. The minimum Gasteiger partial charge on any atom is -0.379 e. The number of benzene rings is 2. The van der Waals surface area contributed by atoms with Crippen molar-refractivity contribution in [3.8, 4) is 0 Å². The van der Waals surface area contributed by atoms with Gasteiger partial charge < -0.3 is 19.9 Å². The van der Waals surface area contributed by atoms with Gasteiger partial charge in [-0.2, -0.15) is 0 Å². The largest absolute Gasteiger partial charge is 0.379 e. The minimum atomic E-state index is -0.479. The molecule has 1 aromatic heterocycles. The smallest absolute Gasteiger partial charge is 0.274 e. The predicted octanol–water partition coefficient (Wildman–Crippen LogP) is 3.12. The average Bonchev–Trinajstić information content (AvgIpc) is 3.49. The molecule has 2 N–H and O–H groups in total. The molecule has 2 aromatic carbocycles. The molecule has 0 bridgehead atoms. The molecule has 0 aliphatic carbocycles. The lowest BCUT2D eigenvalue weighted by atomic mass is 10.0.